The highest BCUT2D eigenvalue weighted by Gasteiger charge is 2.04. The number of amides is 2. The van der Waals surface area contributed by atoms with Gasteiger partial charge in [0.1, 0.15) is 0 Å². The average molecular weight is 268 g/mol. The number of nitrogens with one attached hydrogen (secondary N) is 4. The first-order valence-electron chi connectivity index (χ1n) is 6.06. The molecule has 6 heteroatoms. The highest BCUT2D eigenvalue weighted by atomic mass is 16.2. The van der Waals surface area contributed by atoms with Crippen LogP contribution in [-0.4, -0.2) is 16.0 Å². The van der Waals surface area contributed by atoms with E-state index < -0.39 is 0 Å². The zero-order chi connectivity index (χ0) is 13.9. The molecule has 0 bridgehead atoms. The minimum absolute atomic E-state index is 0.272. The van der Waals surface area contributed by atoms with Crippen molar-refractivity contribution in [1.29, 1.82) is 0 Å². The second-order valence-electron chi connectivity index (χ2n) is 4.28. The molecule has 6 nitrogen and oxygen atoms in total. The van der Waals surface area contributed by atoms with Gasteiger partial charge in [-0.3, -0.25) is 0 Å². The molecule has 1 aromatic heterocycles. The van der Waals surface area contributed by atoms with E-state index in [-0.39, 0.29) is 11.7 Å². The van der Waals surface area contributed by atoms with E-state index in [0.29, 0.717) is 22.4 Å². The Morgan fingerprint density at radius 2 is 1.55 bits per heavy atom. The zero-order valence-electron chi connectivity index (χ0n) is 10.4. The van der Waals surface area contributed by atoms with Gasteiger partial charge in [0.25, 0.3) is 0 Å². The van der Waals surface area contributed by atoms with Crippen LogP contribution < -0.4 is 16.3 Å². The van der Waals surface area contributed by atoms with Crippen molar-refractivity contribution in [3.8, 4) is 0 Å². The maximum Gasteiger partial charge on any atom is 0.323 e. The van der Waals surface area contributed by atoms with E-state index in [2.05, 4.69) is 20.6 Å². The Morgan fingerprint density at radius 3 is 2.35 bits per heavy atom. The molecule has 0 fully saturated rings. The van der Waals surface area contributed by atoms with Crippen molar-refractivity contribution < 1.29 is 4.79 Å². The smallest absolute Gasteiger partial charge is 0.308 e. The van der Waals surface area contributed by atoms with E-state index in [1.54, 1.807) is 30.3 Å². The maximum absolute atomic E-state index is 11.8. The van der Waals surface area contributed by atoms with Crippen LogP contribution in [0.4, 0.5) is 16.2 Å². The van der Waals surface area contributed by atoms with E-state index >= 15 is 0 Å². The van der Waals surface area contributed by atoms with Crippen LogP contribution in [0.25, 0.3) is 11.0 Å². The predicted octanol–water partition coefficient (Wildman–Crippen LogP) is 2.50. The van der Waals surface area contributed by atoms with Gasteiger partial charge in [0.2, 0.25) is 0 Å². The van der Waals surface area contributed by atoms with Crippen molar-refractivity contribution in [1.82, 2.24) is 9.97 Å². The highest BCUT2D eigenvalue weighted by Crippen LogP contribution is 2.15. The van der Waals surface area contributed by atoms with Crippen LogP contribution in [0.2, 0.25) is 0 Å². The zero-order valence-corrected chi connectivity index (χ0v) is 10.4. The summed E-state index contributed by atoms with van der Waals surface area (Å²) < 4.78 is 0. The number of anilines is 2. The van der Waals surface area contributed by atoms with Crippen molar-refractivity contribution in [3.05, 3.63) is 59.0 Å². The molecule has 0 unspecified atom stereocenters. The normalized spacial score (nSPS) is 10.4. The first-order valence-corrected chi connectivity index (χ1v) is 6.06. The summed E-state index contributed by atoms with van der Waals surface area (Å²) in [6.45, 7) is 0. The number of aromatic amines is 2. The summed E-state index contributed by atoms with van der Waals surface area (Å²) in [5, 5.41) is 5.42. The Kier molecular flexibility index (Phi) is 2.96. The maximum atomic E-state index is 11.8. The number of imidazole rings is 1. The lowest BCUT2D eigenvalue weighted by atomic mass is 10.3. The first-order chi connectivity index (χ1) is 9.70. The molecule has 0 atom stereocenters. The molecule has 20 heavy (non-hydrogen) atoms. The molecule has 2 aromatic carbocycles. The topological polar surface area (TPSA) is 89.8 Å². The largest absolute Gasteiger partial charge is 0.323 e. The van der Waals surface area contributed by atoms with E-state index in [0.717, 1.165) is 0 Å². The van der Waals surface area contributed by atoms with E-state index in [9.17, 15) is 9.59 Å². The lowest BCUT2D eigenvalue weighted by Crippen LogP contribution is -2.19. The number of rotatable bonds is 2. The minimum atomic E-state index is -0.339. The lowest BCUT2D eigenvalue weighted by molar-refractivity contribution is 0.262. The van der Waals surface area contributed by atoms with Crippen molar-refractivity contribution in [2.75, 3.05) is 10.6 Å². The fraction of sp³-hybridized carbons (Fsp3) is 0. The van der Waals surface area contributed by atoms with Gasteiger partial charge in [0, 0.05) is 11.4 Å². The molecular weight excluding hydrogens is 256 g/mol. The number of carbonyl (C=O) groups is 1. The van der Waals surface area contributed by atoms with Crippen LogP contribution in [0.1, 0.15) is 0 Å². The summed E-state index contributed by atoms with van der Waals surface area (Å²) in [5.74, 6) is 0. The Morgan fingerprint density at radius 1 is 0.850 bits per heavy atom. The molecule has 100 valence electrons. The van der Waals surface area contributed by atoms with Gasteiger partial charge in [-0.15, -0.1) is 0 Å². The van der Waals surface area contributed by atoms with Gasteiger partial charge in [-0.2, -0.15) is 0 Å². The van der Waals surface area contributed by atoms with Crippen LogP contribution >= 0.6 is 0 Å². The van der Waals surface area contributed by atoms with E-state index in [4.69, 9.17) is 0 Å². The number of carbonyl (C=O) groups excluding carboxylic acids is 1. The number of urea groups is 1. The molecule has 0 radical (unpaired) electrons. The molecule has 0 aliphatic heterocycles. The molecule has 0 spiro atoms. The van der Waals surface area contributed by atoms with Crippen LogP contribution in [0.5, 0.6) is 0 Å². The summed E-state index contributed by atoms with van der Waals surface area (Å²) >= 11 is 0. The van der Waals surface area contributed by atoms with Gasteiger partial charge in [-0.05, 0) is 30.3 Å². The summed E-state index contributed by atoms with van der Waals surface area (Å²) in [4.78, 5) is 28.3. The number of hydrogen-bond acceptors (Lipinski definition) is 2. The van der Waals surface area contributed by atoms with E-state index in [1.807, 2.05) is 18.2 Å². The third kappa shape index (κ3) is 2.54. The lowest BCUT2D eigenvalue weighted by Gasteiger charge is -2.07. The summed E-state index contributed by atoms with van der Waals surface area (Å²) in [5.41, 5.74) is 2.38. The van der Waals surface area contributed by atoms with Gasteiger partial charge in [0.15, 0.2) is 0 Å². The van der Waals surface area contributed by atoms with Crippen molar-refractivity contribution >= 4 is 28.4 Å². The molecule has 3 aromatic rings. The number of para-hydroxylation sites is 1. The third-order valence-electron chi connectivity index (χ3n) is 2.81. The molecule has 1 heterocycles. The fourth-order valence-corrected chi connectivity index (χ4v) is 1.93. The monoisotopic (exact) mass is 268 g/mol. The Balaban J connectivity index is 1.75. The SMILES string of the molecule is O=C(Nc1ccccc1)Nc1ccc2[nH]c(=O)[nH]c2c1. The number of H-pyrrole nitrogens is 2. The van der Waals surface area contributed by atoms with Crippen LogP contribution in [-0.2, 0) is 0 Å². The molecule has 0 saturated heterocycles. The second-order valence-corrected chi connectivity index (χ2v) is 4.28. The predicted molar refractivity (Wildman–Crippen MR) is 78.0 cm³/mol. The van der Waals surface area contributed by atoms with E-state index in [1.165, 1.54) is 0 Å². The van der Waals surface area contributed by atoms with Gasteiger partial charge in [0.05, 0.1) is 11.0 Å². The quantitative estimate of drug-likeness (QED) is 0.575. The molecule has 2 amide bonds. The molecule has 4 N–H and O–H groups in total. The van der Waals surface area contributed by atoms with Crippen LogP contribution in [0, 0.1) is 0 Å². The van der Waals surface area contributed by atoms with Crippen molar-refractivity contribution in [3.63, 3.8) is 0 Å². The molecule has 0 saturated carbocycles. The summed E-state index contributed by atoms with van der Waals surface area (Å²) in [6, 6.07) is 13.9. The van der Waals surface area contributed by atoms with Crippen LogP contribution in [0.15, 0.2) is 53.3 Å². The third-order valence-corrected chi connectivity index (χ3v) is 2.81. The minimum Gasteiger partial charge on any atom is -0.308 e. The Hall–Kier alpha value is -3.02. The van der Waals surface area contributed by atoms with Crippen molar-refractivity contribution in [2.45, 2.75) is 0 Å². The summed E-state index contributed by atoms with van der Waals surface area (Å²) in [6.07, 6.45) is 0. The number of fused-ring (bicyclic) bond motifs is 1. The number of aromatic nitrogens is 2. The Bertz CT molecular complexity index is 805. The number of hydrogen-bond donors (Lipinski definition) is 4. The fourth-order valence-electron chi connectivity index (χ4n) is 1.93. The Labute approximate surface area is 113 Å². The van der Waals surface area contributed by atoms with Gasteiger partial charge in [-0.1, -0.05) is 18.2 Å². The molecule has 0 aliphatic rings. The van der Waals surface area contributed by atoms with Gasteiger partial charge < -0.3 is 20.6 Å². The van der Waals surface area contributed by atoms with Gasteiger partial charge in [-0.25, -0.2) is 9.59 Å². The molecular formula is C14H12N4O2. The molecule has 0 aliphatic carbocycles. The van der Waals surface area contributed by atoms with Gasteiger partial charge >= 0.3 is 11.7 Å². The summed E-state index contributed by atoms with van der Waals surface area (Å²) in [7, 11) is 0. The standard InChI is InChI=1S/C14H12N4O2/c19-13(15-9-4-2-1-3-5-9)16-10-6-7-11-12(8-10)18-14(20)17-11/h1-8H,(H2,15,16,19)(H2,17,18,20). The second kappa shape index (κ2) is 4.93. The molecule has 3 rings (SSSR count). The van der Waals surface area contributed by atoms with Crippen LogP contribution in [0.3, 0.4) is 0 Å². The number of benzene rings is 2. The van der Waals surface area contributed by atoms with Crippen molar-refractivity contribution in [2.24, 2.45) is 0 Å². The highest BCUT2D eigenvalue weighted by molar-refractivity contribution is 6.00. The average Bonchev–Trinajstić information content (AvgIpc) is 2.79. The first kappa shape index (κ1) is 12.0.